The zero-order valence-electron chi connectivity index (χ0n) is 12.9. The highest BCUT2D eigenvalue weighted by atomic mass is 32.2. The summed E-state index contributed by atoms with van der Waals surface area (Å²) in [6, 6.07) is 10.8. The van der Waals surface area contributed by atoms with Gasteiger partial charge in [0.2, 0.25) is 0 Å². The van der Waals surface area contributed by atoms with Crippen molar-refractivity contribution in [2.24, 2.45) is 6.26 Å². The Morgan fingerprint density at radius 2 is 1.24 bits per heavy atom. The predicted octanol–water partition coefficient (Wildman–Crippen LogP) is 6.65. The van der Waals surface area contributed by atoms with E-state index in [1.165, 1.54) is 10.1 Å². The van der Waals surface area contributed by atoms with Gasteiger partial charge in [-0.3, -0.25) is 0 Å². The van der Waals surface area contributed by atoms with Crippen molar-refractivity contribution in [3.05, 3.63) is 43.1 Å². The molecule has 0 radical (unpaired) electrons. The minimum atomic E-state index is 0. The number of rotatable bonds is 0. The van der Waals surface area contributed by atoms with Crippen molar-refractivity contribution < 1.29 is 0 Å². The van der Waals surface area contributed by atoms with Crippen LogP contribution >= 0.6 is 10.5 Å². The first-order valence-electron chi connectivity index (χ1n) is 6.30. The molecular formula is C16H30S. The second-order valence-corrected chi connectivity index (χ2v) is 4.23. The summed E-state index contributed by atoms with van der Waals surface area (Å²) in [7, 11) is 0.372. The molecule has 1 atom stereocenters. The van der Waals surface area contributed by atoms with Crippen LogP contribution in [0, 0.1) is 7.43 Å². The van der Waals surface area contributed by atoms with Crippen LogP contribution < -0.4 is 0 Å². The van der Waals surface area contributed by atoms with Crippen molar-refractivity contribution in [1.82, 2.24) is 0 Å². The van der Waals surface area contributed by atoms with Crippen LogP contribution in [0.4, 0.5) is 0 Å². The first-order valence-corrected chi connectivity index (χ1v) is 7.99. The maximum absolute atomic E-state index is 2.27. The molecule has 2 rings (SSSR count). The molecule has 0 nitrogen and oxygen atoms in total. The molecule has 100 valence electrons. The lowest BCUT2D eigenvalue weighted by Gasteiger charge is -1.80. The van der Waals surface area contributed by atoms with Gasteiger partial charge in [0, 0.05) is 11.5 Å². The molecule has 1 aromatic carbocycles. The summed E-state index contributed by atoms with van der Waals surface area (Å²) in [5.74, 6) is 0. The Morgan fingerprint density at radius 1 is 0.765 bits per heavy atom. The molecule has 0 saturated carbocycles. The van der Waals surface area contributed by atoms with Gasteiger partial charge in [0.1, 0.15) is 11.6 Å². The van der Waals surface area contributed by atoms with E-state index in [2.05, 4.69) is 42.0 Å². The number of hydrogen-bond acceptors (Lipinski definition) is 0. The third-order valence-electron chi connectivity index (χ3n) is 1.72. The van der Waals surface area contributed by atoms with Crippen molar-refractivity contribution >= 4 is 20.6 Å². The molecule has 0 fully saturated rings. The van der Waals surface area contributed by atoms with Gasteiger partial charge in [-0.1, -0.05) is 53.7 Å². The quantitative estimate of drug-likeness (QED) is 0.364. The van der Waals surface area contributed by atoms with Crippen LogP contribution in [0.5, 0.6) is 0 Å². The van der Waals surface area contributed by atoms with Crippen molar-refractivity contribution in [1.29, 1.82) is 0 Å². The lowest BCUT2D eigenvalue weighted by atomic mass is 10.3. The molecule has 0 aliphatic heterocycles. The summed E-state index contributed by atoms with van der Waals surface area (Å²) < 4.78 is 1.49. The van der Waals surface area contributed by atoms with Gasteiger partial charge >= 0.3 is 0 Å². The maximum Gasteiger partial charge on any atom is 0.180 e. The minimum Gasteiger partial charge on any atom is -0.358 e. The van der Waals surface area contributed by atoms with Gasteiger partial charge in [-0.05, 0) is 22.6 Å². The van der Waals surface area contributed by atoms with Gasteiger partial charge in [-0.15, -0.1) is 0 Å². The fourth-order valence-corrected chi connectivity index (χ4v) is 2.46. The molecule has 1 unspecified atom stereocenters. The Kier molecular flexibility index (Phi) is 19.2. The van der Waals surface area contributed by atoms with Crippen LogP contribution in [0.1, 0.15) is 41.5 Å². The largest absolute Gasteiger partial charge is 0.358 e. The van der Waals surface area contributed by atoms with Crippen LogP contribution in [-0.4, -0.2) is 0 Å². The highest BCUT2D eigenvalue weighted by Crippen LogP contribution is 2.27. The Labute approximate surface area is 112 Å². The van der Waals surface area contributed by atoms with Crippen LogP contribution in [0.25, 0.3) is 10.1 Å². The molecule has 1 heteroatoms. The molecule has 0 saturated heterocycles. The van der Waals surface area contributed by atoms with Gasteiger partial charge in [0.15, 0.2) is 4.70 Å². The van der Waals surface area contributed by atoms with E-state index >= 15 is 0 Å². The van der Waals surface area contributed by atoms with Gasteiger partial charge in [0.05, 0.1) is 0 Å². The average Bonchev–Trinajstić information content (AvgIpc) is 2.79. The monoisotopic (exact) mass is 254 g/mol. The fraction of sp³-hybridized carbons (Fsp3) is 0.438. The van der Waals surface area contributed by atoms with Crippen LogP contribution in [0.2, 0.25) is 0 Å². The molecule has 17 heavy (non-hydrogen) atoms. The van der Waals surface area contributed by atoms with Gasteiger partial charge in [0.25, 0.3) is 0 Å². The third kappa shape index (κ3) is 7.17. The predicted molar refractivity (Wildman–Crippen MR) is 87.9 cm³/mol. The van der Waals surface area contributed by atoms with E-state index in [1.807, 2.05) is 41.5 Å². The number of benzene rings is 1. The standard InChI is InChI=1S/C9H9S.3C2H6.CH3/c1-10-7-6-8-4-2-3-5-9(8)10;3*1-2;/h2-7H,1H3;3*1-2H3;1H3/q+1;;;;-1. The summed E-state index contributed by atoms with van der Waals surface area (Å²) in [5.41, 5.74) is 0. The number of fused-ring (bicyclic) bond motifs is 1. The SMILES string of the molecule is CC.CC.CC.C[s+]1ccc2ccccc21.[CH3-]. The topological polar surface area (TPSA) is 0 Å². The summed E-state index contributed by atoms with van der Waals surface area (Å²) in [6.45, 7) is 12.0. The average molecular weight is 254 g/mol. The molecule has 0 bridgehead atoms. The molecule has 1 heterocycles. The van der Waals surface area contributed by atoms with E-state index in [1.54, 1.807) is 0 Å². The number of aryl methyl sites for hydroxylation is 1. The summed E-state index contributed by atoms with van der Waals surface area (Å²) in [4.78, 5) is 0. The summed E-state index contributed by atoms with van der Waals surface area (Å²) in [6.07, 6.45) is 2.25. The van der Waals surface area contributed by atoms with Crippen molar-refractivity contribution in [3.63, 3.8) is 0 Å². The highest BCUT2D eigenvalue weighted by Gasteiger charge is 2.03. The molecule has 1 aromatic heterocycles. The Morgan fingerprint density at radius 3 is 1.71 bits per heavy atom. The minimum absolute atomic E-state index is 0. The van der Waals surface area contributed by atoms with E-state index < -0.39 is 0 Å². The Bertz CT molecular complexity index is 347. The Hall–Kier alpha value is -0.820. The molecule has 0 spiro atoms. The van der Waals surface area contributed by atoms with Gasteiger partial charge in [-0.25, -0.2) is 0 Å². The zero-order valence-corrected chi connectivity index (χ0v) is 13.7. The molecular weight excluding hydrogens is 224 g/mol. The van der Waals surface area contributed by atoms with Crippen LogP contribution in [0.3, 0.4) is 0 Å². The molecule has 0 aliphatic rings. The van der Waals surface area contributed by atoms with Crippen molar-refractivity contribution in [2.45, 2.75) is 41.5 Å². The van der Waals surface area contributed by atoms with Crippen LogP contribution in [-0.2, 0) is 6.26 Å². The third-order valence-corrected chi connectivity index (χ3v) is 3.33. The van der Waals surface area contributed by atoms with Crippen molar-refractivity contribution in [2.75, 3.05) is 0 Å². The summed E-state index contributed by atoms with van der Waals surface area (Å²) >= 11 is 0. The first-order chi connectivity index (χ1) is 7.88. The number of thiophene rings is 1. The van der Waals surface area contributed by atoms with E-state index in [4.69, 9.17) is 0 Å². The number of hydrogen-bond donors (Lipinski definition) is 0. The highest BCUT2D eigenvalue weighted by molar-refractivity contribution is 7.34. The lowest BCUT2D eigenvalue weighted by molar-refractivity contribution is 1.50. The zero-order chi connectivity index (χ0) is 13.0. The molecule has 0 amide bonds. The van der Waals surface area contributed by atoms with E-state index in [0.29, 0.717) is 10.5 Å². The Balaban J connectivity index is -0.000000248. The smallest absolute Gasteiger partial charge is 0.180 e. The fourth-order valence-electron chi connectivity index (χ4n) is 1.16. The van der Waals surface area contributed by atoms with Crippen LogP contribution in [0.15, 0.2) is 35.7 Å². The first kappa shape index (κ1) is 21.5. The molecule has 0 aliphatic carbocycles. The normalized spacial score (nSPS) is 8.29. The second-order valence-electron chi connectivity index (χ2n) is 2.40. The van der Waals surface area contributed by atoms with Gasteiger partial charge < -0.3 is 7.43 Å². The molecule has 2 aromatic rings. The molecule has 0 N–H and O–H groups in total. The van der Waals surface area contributed by atoms with Gasteiger partial charge in [-0.2, -0.15) is 0 Å². The van der Waals surface area contributed by atoms with E-state index in [9.17, 15) is 0 Å². The van der Waals surface area contributed by atoms with Crippen molar-refractivity contribution in [3.8, 4) is 0 Å². The lowest BCUT2D eigenvalue weighted by Crippen LogP contribution is -1.58. The van der Waals surface area contributed by atoms with E-state index in [0.717, 1.165) is 0 Å². The van der Waals surface area contributed by atoms with E-state index in [-0.39, 0.29) is 7.43 Å². The summed E-state index contributed by atoms with van der Waals surface area (Å²) in [5, 5.41) is 3.67. The second kappa shape index (κ2) is 15.2. The maximum atomic E-state index is 2.27.